The molecule has 2 rings (SSSR count). The van der Waals surface area contributed by atoms with Gasteiger partial charge in [0.15, 0.2) is 0 Å². The van der Waals surface area contributed by atoms with Crippen LogP contribution in [0.4, 0.5) is 21.5 Å². The molecule has 0 saturated heterocycles. The van der Waals surface area contributed by atoms with E-state index in [1.165, 1.54) is 12.1 Å². The maximum atomic E-state index is 13.8. The molecule has 0 fully saturated rings. The molecule has 4 nitrogen and oxygen atoms in total. The predicted molar refractivity (Wildman–Crippen MR) is 83.6 cm³/mol. The predicted octanol–water partition coefficient (Wildman–Crippen LogP) is 3.55. The first-order valence-corrected chi connectivity index (χ1v) is 6.79. The quantitative estimate of drug-likeness (QED) is 0.757. The van der Waals surface area contributed by atoms with Crippen LogP contribution in [0, 0.1) is 5.82 Å². The van der Waals surface area contributed by atoms with Gasteiger partial charge in [-0.1, -0.05) is 17.7 Å². The van der Waals surface area contributed by atoms with Gasteiger partial charge in [0.25, 0.3) is 5.91 Å². The Morgan fingerprint density at radius 1 is 1.33 bits per heavy atom. The maximum Gasteiger partial charge on any atom is 0.253 e. The molecule has 0 heterocycles. The zero-order valence-corrected chi connectivity index (χ0v) is 12.2. The van der Waals surface area contributed by atoms with Gasteiger partial charge in [-0.05, 0) is 37.3 Å². The third-order valence-corrected chi connectivity index (χ3v) is 3.16. The molecule has 0 unspecified atom stereocenters. The van der Waals surface area contributed by atoms with Gasteiger partial charge in [0.1, 0.15) is 5.82 Å². The summed E-state index contributed by atoms with van der Waals surface area (Å²) in [5, 5.41) is 5.75. The lowest BCUT2D eigenvalue weighted by Crippen LogP contribution is -2.23. The fourth-order valence-electron chi connectivity index (χ4n) is 1.87. The van der Waals surface area contributed by atoms with Crippen LogP contribution in [0.25, 0.3) is 0 Å². The number of nitrogens with two attached hydrogens (primary N) is 1. The largest absolute Gasteiger partial charge is 0.399 e. The molecule has 6 heteroatoms. The summed E-state index contributed by atoms with van der Waals surface area (Å²) in [6.07, 6.45) is 0. The summed E-state index contributed by atoms with van der Waals surface area (Å²) < 4.78 is 13.8. The molecule has 2 aromatic rings. The van der Waals surface area contributed by atoms with E-state index in [1.807, 2.05) is 6.92 Å². The lowest BCUT2D eigenvalue weighted by atomic mass is 10.1. The zero-order chi connectivity index (χ0) is 15.4. The third kappa shape index (κ3) is 3.44. The second kappa shape index (κ2) is 6.45. The van der Waals surface area contributed by atoms with Crippen LogP contribution in [0.3, 0.4) is 0 Å². The zero-order valence-electron chi connectivity index (χ0n) is 11.4. The van der Waals surface area contributed by atoms with Crippen LogP contribution in [0.2, 0.25) is 5.02 Å². The van der Waals surface area contributed by atoms with Gasteiger partial charge in [-0.2, -0.15) is 0 Å². The van der Waals surface area contributed by atoms with Gasteiger partial charge in [-0.3, -0.25) is 4.79 Å². The minimum atomic E-state index is -0.508. The SMILES string of the molecule is CCNC(=O)c1ccc(N)cc1Nc1c(F)cccc1Cl. The van der Waals surface area contributed by atoms with Crippen molar-refractivity contribution in [3.8, 4) is 0 Å². The van der Waals surface area contributed by atoms with E-state index in [0.29, 0.717) is 23.5 Å². The van der Waals surface area contributed by atoms with Crippen molar-refractivity contribution in [2.75, 3.05) is 17.6 Å². The van der Waals surface area contributed by atoms with E-state index in [2.05, 4.69) is 10.6 Å². The Hall–Kier alpha value is -2.27. The number of hydrogen-bond acceptors (Lipinski definition) is 3. The number of rotatable bonds is 4. The van der Waals surface area contributed by atoms with Crippen molar-refractivity contribution in [3.63, 3.8) is 0 Å². The highest BCUT2D eigenvalue weighted by molar-refractivity contribution is 6.33. The Balaban J connectivity index is 2.43. The van der Waals surface area contributed by atoms with Gasteiger partial charge < -0.3 is 16.4 Å². The van der Waals surface area contributed by atoms with E-state index in [4.69, 9.17) is 17.3 Å². The van der Waals surface area contributed by atoms with Crippen molar-refractivity contribution in [1.29, 1.82) is 0 Å². The molecule has 4 N–H and O–H groups in total. The molecule has 0 radical (unpaired) electrons. The number of para-hydroxylation sites is 1. The Morgan fingerprint density at radius 3 is 2.76 bits per heavy atom. The van der Waals surface area contributed by atoms with Crippen molar-refractivity contribution < 1.29 is 9.18 Å². The van der Waals surface area contributed by atoms with Crippen LogP contribution in [0.15, 0.2) is 36.4 Å². The maximum absolute atomic E-state index is 13.8. The van der Waals surface area contributed by atoms with E-state index >= 15 is 0 Å². The van der Waals surface area contributed by atoms with E-state index in [0.717, 1.165) is 0 Å². The number of halogens is 2. The van der Waals surface area contributed by atoms with Crippen LogP contribution in [0.5, 0.6) is 0 Å². The number of carbonyl (C=O) groups is 1. The van der Waals surface area contributed by atoms with Crippen molar-refractivity contribution >= 4 is 34.6 Å². The smallest absolute Gasteiger partial charge is 0.253 e. The average molecular weight is 308 g/mol. The number of amides is 1. The highest BCUT2D eigenvalue weighted by Gasteiger charge is 2.14. The normalized spacial score (nSPS) is 10.2. The Kier molecular flexibility index (Phi) is 4.65. The summed E-state index contributed by atoms with van der Waals surface area (Å²) in [5.41, 5.74) is 7.06. The number of nitrogen functional groups attached to an aromatic ring is 1. The second-order valence-corrected chi connectivity index (χ2v) is 4.79. The Bertz CT molecular complexity index is 656. The molecule has 110 valence electrons. The van der Waals surface area contributed by atoms with Gasteiger partial charge in [-0.15, -0.1) is 0 Å². The van der Waals surface area contributed by atoms with Crippen molar-refractivity contribution in [3.05, 3.63) is 52.8 Å². The van der Waals surface area contributed by atoms with Crippen LogP contribution in [0.1, 0.15) is 17.3 Å². The number of carbonyl (C=O) groups excluding carboxylic acids is 1. The number of anilines is 3. The fraction of sp³-hybridized carbons (Fsp3) is 0.133. The topological polar surface area (TPSA) is 67.2 Å². The van der Waals surface area contributed by atoms with Gasteiger partial charge in [-0.25, -0.2) is 4.39 Å². The van der Waals surface area contributed by atoms with Crippen LogP contribution < -0.4 is 16.4 Å². The first-order valence-electron chi connectivity index (χ1n) is 6.41. The summed E-state index contributed by atoms with van der Waals surface area (Å²) in [5.74, 6) is -0.778. The van der Waals surface area contributed by atoms with Gasteiger partial charge in [0.05, 0.1) is 22.0 Å². The Labute approximate surface area is 127 Å². The molecule has 0 aliphatic heterocycles. The molecule has 0 saturated carbocycles. The average Bonchev–Trinajstić information content (AvgIpc) is 2.43. The van der Waals surface area contributed by atoms with Crippen molar-refractivity contribution in [2.45, 2.75) is 6.92 Å². The highest BCUT2D eigenvalue weighted by atomic mass is 35.5. The van der Waals surface area contributed by atoms with E-state index < -0.39 is 5.82 Å². The van der Waals surface area contributed by atoms with E-state index in [1.54, 1.807) is 24.3 Å². The minimum absolute atomic E-state index is 0.107. The second-order valence-electron chi connectivity index (χ2n) is 4.39. The molecule has 21 heavy (non-hydrogen) atoms. The summed E-state index contributed by atoms with van der Waals surface area (Å²) in [6.45, 7) is 2.30. The van der Waals surface area contributed by atoms with E-state index in [9.17, 15) is 9.18 Å². The summed E-state index contributed by atoms with van der Waals surface area (Å²) >= 11 is 5.98. The first-order chi connectivity index (χ1) is 10.0. The molecule has 2 aromatic carbocycles. The highest BCUT2D eigenvalue weighted by Crippen LogP contribution is 2.30. The molecule has 0 aliphatic carbocycles. The molecular formula is C15H15ClFN3O. The standard InChI is InChI=1S/C15H15ClFN3O/c1-2-19-15(21)10-7-6-9(18)8-13(10)20-14-11(16)4-3-5-12(14)17/h3-8,20H,2,18H2,1H3,(H,19,21). The molecule has 0 atom stereocenters. The van der Waals surface area contributed by atoms with Gasteiger partial charge in [0.2, 0.25) is 0 Å². The lowest BCUT2D eigenvalue weighted by Gasteiger charge is -2.14. The lowest BCUT2D eigenvalue weighted by molar-refractivity contribution is 0.0956. The minimum Gasteiger partial charge on any atom is -0.399 e. The molecular weight excluding hydrogens is 293 g/mol. The summed E-state index contributed by atoms with van der Waals surface area (Å²) in [6, 6.07) is 9.10. The number of hydrogen-bond donors (Lipinski definition) is 3. The van der Waals surface area contributed by atoms with Crippen molar-refractivity contribution in [1.82, 2.24) is 5.32 Å². The van der Waals surface area contributed by atoms with Crippen LogP contribution >= 0.6 is 11.6 Å². The van der Waals surface area contributed by atoms with Crippen LogP contribution in [-0.2, 0) is 0 Å². The Morgan fingerprint density at radius 2 is 2.10 bits per heavy atom. The van der Waals surface area contributed by atoms with Crippen molar-refractivity contribution in [2.24, 2.45) is 0 Å². The number of nitrogens with one attached hydrogen (secondary N) is 2. The molecule has 0 aliphatic rings. The van der Waals surface area contributed by atoms with E-state index in [-0.39, 0.29) is 16.6 Å². The summed E-state index contributed by atoms with van der Waals surface area (Å²) in [7, 11) is 0. The van der Waals surface area contributed by atoms with Crippen LogP contribution in [-0.4, -0.2) is 12.5 Å². The third-order valence-electron chi connectivity index (χ3n) is 2.85. The first kappa shape index (κ1) is 15.1. The fourth-order valence-corrected chi connectivity index (χ4v) is 2.08. The molecule has 0 aromatic heterocycles. The molecule has 0 bridgehead atoms. The van der Waals surface area contributed by atoms with Gasteiger partial charge >= 0.3 is 0 Å². The monoisotopic (exact) mass is 307 g/mol. The summed E-state index contributed by atoms with van der Waals surface area (Å²) in [4.78, 5) is 12.0. The number of benzene rings is 2. The molecule has 0 spiro atoms. The molecule has 1 amide bonds. The van der Waals surface area contributed by atoms with Gasteiger partial charge in [0, 0.05) is 12.2 Å².